The molecule has 0 saturated carbocycles. The molecule has 0 saturated heterocycles. The van der Waals surface area contributed by atoms with E-state index >= 15 is 0 Å². The number of benzene rings is 1. The summed E-state index contributed by atoms with van der Waals surface area (Å²) in [6.07, 6.45) is -1.10. The minimum Gasteiger partial charge on any atom is -0.447 e. The summed E-state index contributed by atoms with van der Waals surface area (Å²) in [5.74, 6) is 0. The molecular weight excluding hydrogens is 282 g/mol. The van der Waals surface area contributed by atoms with Gasteiger partial charge in [-0.2, -0.15) is 8.42 Å². The molecule has 1 rings (SSSR count). The van der Waals surface area contributed by atoms with Crippen molar-refractivity contribution in [2.24, 2.45) is 0 Å². The molecule has 1 aromatic rings. The van der Waals surface area contributed by atoms with Gasteiger partial charge in [0.15, 0.2) is 0 Å². The van der Waals surface area contributed by atoms with Crippen molar-refractivity contribution in [3.8, 4) is 0 Å². The van der Waals surface area contributed by atoms with E-state index in [-0.39, 0.29) is 16.0 Å². The number of halogens is 1. The van der Waals surface area contributed by atoms with Crippen LogP contribution in [0.15, 0.2) is 29.2 Å². The Bertz CT molecular complexity index is 514. The van der Waals surface area contributed by atoms with E-state index in [0.29, 0.717) is 5.02 Å². The minimum absolute atomic E-state index is 0.0365. The molecule has 18 heavy (non-hydrogen) atoms. The summed E-state index contributed by atoms with van der Waals surface area (Å²) in [4.78, 5) is 15.9. The smallest absolute Gasteiger partial charge is 0.447 e. The molecule has 6 nitrogen and oxygen atoms in total. The van der Waals surface area contributed by atoms with Crippen LogP contribution in [-0.2, 0) is 19.6 Å². The van der Waals surface area contributed by atoms with Gasteiger partial charge in [-0.25, -0.2) is 4.79 Å². The van der Waals surface area contributed by atoms with Gasteiger partial charge in [0.05, 0.1) is 18.6 Å². The first kappa shape index (κ1) is 14.7. The van der Waals surface area contributed by atoms with Crippen LogP contribution < -0.4 is 0 Å². The molecule has 0 bridgehead atoms. The van der Waals surface area contributed by atoms with Gasteiger partial charge in [-0.1, -0.05) is 16.1 Å². The fourth-order valence-corrected chi connectivity index (χ4v) is 2.39. The zero-order valence-electron chi connectivity index (χ0n) is 9.79. The second-order valence-corrected chi connectivity index (χ2v) is 5.26. The minimum atomic E-state index is -4.11. The van der Waals surface area contributed by atoms with Crippen molar-refractivity contribution in [2.45, 2.75) is 11.8 Å². The Labute approximate surface area is 110 Å². The molecule has 0 fully saturated rings. The van der Waals surface area contributed by atoms with Crippen LogP contribution in [0.4, 0.5) is 4.79 Å². The third-order valence-electron chi connectivity index (χ3n) is 1.91. The number of hydrogen-bond donors (Lipinski definition) is 0. The van der Waals surface area contributed by atoms with Crippen molar-refractivity contribution < 1.29 is 22.8 Å². The third-order valence-corrected chi connectivity index (χ3v) is 3.77. The molecule has 0 radical (unpaired) electrons. The summed E-state index contributed by atoms with van der Waals surface area (Å²) in [6, 6.07) is 5.33. The Morgan fingerprint density at radius 2 is 1.89 bits per heavy atom. The Morgan fingerprint density at radius 1 is 1.33 bits per heavy atom. The number of hydrogen-bond acceptors (Lipinski definition) is 5. The number of sulfonamides is 1. The fraction of sp³-hybridized carbons (Fsp3) is 0.300. The molecule has 0 aromatic heterocycles. The van der Waals surface area contributed by atoms with Crippen LogP contribution in [0.2, 0.25) is 5.02 Å². The van der Waals surface area contributed by atoms with Gasteiger partial charge in [-0.3, -0.25) is 4.84 Å². The van der Waals surface area contributed by atoms with E-state index in [1.165, 1.54) is 24.3 Å². The highest BCUT2D eigenvalue weighted by molar-refractivity contribution is 7.89. The highest BCUT2D eigenvalue weighted by Crippen LogP contribution is 2.19. The first-order valence-corrected chi connectivity index (χ1v) is 6.77. The molecule has 0 heterocycles. The van der Waals surface area contributed by atoms with Crippen molar-refractivity contribution in [1.82, 2.24) is 4.47 Å². The van der Waals surface area contributed by atoms with E-state index in [1.54, 1.807) is 6.92 Å². The van der Waals surface area contributed by atoms with Crippen molar-refractivity contribution in [2.75, 3.05) is 13.7 Å². The number of amides is 1. The normalized spacial score (nSPS) is 11.1. The Hall–Kier alpha value is -1.31. The Morgan fingerprint density at radius 3 is 2.33 bits per heavy atom. The maximum Gasteiger partial charge on any atom is 0.449 e. The van der Waals surface area contributed by atoms with E-state index < -0.39 is 16.1 Å². The number of hydroxylamine groups is 1. The molecule has 0 aliphatic carbocycles. The zero-order chi connectivity index (χ0) is 13.8. The predicted molar refractivity (Wildman–Crippen MR) is 64.5 cm³/mol. The van der Waals surface area contributed by atoms with Gasteiger partial charge in [0.25, 0.3) is 10.0 Å². The molecule has 0 spiro atoms. The van der Waals surface area contributed by atoms with Crippen molar-refractivity contribution in [3.63, 3.8) is 0 Å². The van der Waals surface area contributed by atoms with Gasteiger partial charge in [-0.15, -0.1) is 0 Å². The topological polar surface area (TPSA) is 72.9 Å². The Balaban J connectivity index is 3.10. The lowest BCUT2D eigenvalue weighted by Crippen LogP contribution is -2.36. The van der Waals surface area contributed by atoms with Crippen LogP contribution >= 0.6 is 11.6 Å². The van der Waals surface area contributed by atoms with E-state index in [2.05, 4.69) is 9.57 Å². The van der Waals surface area contributed by atoms with Crippen LogP contribution in [-0.4, -0.2) is 32.7 Å². The van der Waals surface area contributed by atoms with Gasteiger partial charge in [0, 0.05) is 5.02 Å². The van der Waals surface area contributed by atoms with E-state index in [9.17, 15) is 13.2 Å². The van der Waals surface area contributed by atoms with Crippen LogP contribution in [0.3, 0.4) is 0 Å². The summed E-state index contributed by atoms with van der Waals surface area (Å²) in [5.41, 5.74) is 0. The number of ether oxygens (including phenoxy) is 1. The molecule has 1 amide bonds. The second-order valence-electron chi connectivity index (χ2n) is 3.07. The van der Waals surface area contributed by atoms with Gasteiger partial charge in [0.1, 0.15) is 0 Å². The first-order valence-electron chi connectivity index (χ1n) is 4.95. The number of carbonyl (C=O) groups excluding carboxylic acids is 1. The van der Waals surface area contributed by atoms with Gasteiger partial charge >= 0.3 is 6.09 Å². The van der Waals surface area contributed by atoms with Crippen molar-refractivity contribution in [3.05, 3.63) is 29.3 Å². The molecule has 0 N–H and O–H groups in total. The molecule has 100 valence electrons. The third kappa shape index (κ3) is 3.12. The van der Waals surface area contributed by atoms with Crippen LogP contribution in [0.1, 0.15) is 6.92 Å². The molecule has 0 aliphatic rings. The lowest BCUT2D eigenvalue weighted by atomic mass is 10.4. The zero-order valence-corrected chi connectivity index (χ0v) is 11.4. The highest BCUT2D eigenvalue weighted by Gasteiger charge is 2.31. The lowest BCUT2D eigenvalue weighted by Gasteiger charge is -2.18. The van der Waals surface area contributed by atoms with Crippen LogP contribution in [0, 0.1) is 0 Å². The highest BCUT2D eigenvalue weighted by atomic mass is 35.5. The first-order chi connectivity index (χ1) is 8.43. The summed E-state index contributed by atoms with van der Waals surface area (Å²) in [7, 11) is -3.05. The van der Waals surface area contributed by atoms with Gasteiger partial charge in [0.2, 0.25) is 0 Å². The Kier molecular flexibility index (Phi) is 4.94. The van der Waals surface area contributed by atoms with Crippen LogP contribution in [0.5, 0.6) is 0 Å². The molecule has 8 heteroatoms. The quantitative estimate of drug-likeness (QED) is 0.794. The van der Waals surface area contributed by atoms with E-state index in [0.717, 1.165) is 7.11 Å². The van der Waals surface area contributed by atoms with E-state index in [1.807, 2.05) is 0 Å². The summed E-state index contributed by atoms with van der Waals surface area (Å²) >= 11 is 5.66. The fourth-order valence-electron chi connectivity index (χ4n) is 1.15. The molecule has 0 atom stereocenters. The monoisotopic (exact) mass is 293 g/mol. The molecule has 0 aliphatic heterocycles. The second kappa shape index (κ2) is 6.03. The SMILES string of the molecule is CCOC(=O)N(OC)S(=O)(=O)c1ccc(Cl)cc1. The number of rotatable bonds is 4. The summed E-state index contributed by atoms with van der Waals surface area (Å²) in [5, 5.41) is 0.383. The maximum atomic E-state index is 12.0. The number of carbonyl (C=O) groups is 1. The predicted octanol–water partition coefficient (Wildman–Crippen LogP) is 2.05. The standard InChI is InChI=1S/C10H12ClNO5S/c1-3-17-10(13)12(16-2)18(14,15)9-6-4-8(11)5-7-9/h4-7H,3H2,1-2H3. The summed E-state index contributed by atoms with van der Waals surface area (Å²) in [6.45, 7) is 1.59. The average Bonchev–Trinajstić information content (AvgIpc) is 2.30. The largest absolute Gasteiger partial charge is 0.449 e. The molecule has 0 unspecified atom stereocenters. The molecule has 1 aromatic carbocycles. The maximum absolute atomic E-state index is 12.0. The van der Waals surface area contributed by atoms with Crippen LogP contribution in [0.25, 0.3) is 0 Å². The number of nitrogens with zero attached hydrogens (tertiary/aromatic N) is 1. The van der Waals surface area contributed by atoms with Gasteiger partial charge < -0.3 is 4.74 Å². The van der Waals surface area contributed by atoms with E-state index in [4.69, 9.17) is 11.6 Å². The lowest BCUT2D eigenvalue weighted by molar-refractivity contribution is -0.0401. The summed E-state index contributed by atoms with van der Waals surface area (Å²) < 4.78 is 28.9. The average molecular weight is 294 g/mol. The molecular formula is C10H12ClNO5S. The van der Waals surface area contributed by atoms with Crippen molar-refractivity contribution >= 4 is 27.7 Å². The van der Waals surface area contributed by atoms with Crippen molar-refractivity contribution in [1.29, 1.82) is 0 Å². The van der Waals surface area contributed by atoms with Gasteiger partial charge in [-0.05, 0) is 31.2 Å².